The lowest BCUT2D eigenvalue weighted by molar-refractivity contribution is -0.153. The van der Waals surface area contributed by atoms with Gasteiger partial charge in [0.15, 0.2) is 0 Å². The molecule has 5 heteroatoms. The van der Waals surface area contributed by atoms with Gasteiger partial charge >= 0.3 is 5.97 Å². The molecule has 1 aliphatic rings. The van der Waals surface area contributed by atoms with Crippen LogP contribution < -0.4 is 0 Å². The summed E-state index contributed by atoms with van der Waals surface area (Å²) in [5.41, 5.74) is -0.269. The summed E-state index contributed by atoms with van der Waals surface area (Å²) in [4.78, 5) is 35.8. The van der Waals surface area contributed by atoms with Gasteiger partial charge in [0.1, 0.15) is 0 Å². The second kappa shape index (κ2) is 5.29. The molecule has 0 radical (unpaired) electrons. The zero-order chi connectivity index (χ0) is 13.1. The van der Waals surface area contributed by atoms with Gasteiger partial charge in [-0.25, -0.2) is 0 Å². The van der Waals surface area contributed by atoms with Crippen molar-refractivity contribution in [2.75, 3.05) is 13.2 Å². The highest BCUT2D eigenvalue weighted by Gasteiger charge is 2.37. The summed E-state index contributed by atoms with van der Waals surface area (Å²) >= 11 is 0. The second-order valence-corrected chi connectivity index (χ2v) is 5.01. The molecule has 17 heavy (non-hydrogen) atoms. The number of rotatable bonds is 4. The highest BCUT2D eigenvalue weighted by atomic mass is 16.5. The zero-order valence-electron chi connectivity index (χ0n) is 10.6. The molecule has 0 aromatic heterocycles. The number of likely N-dealkylation sites (tertiary alicyclic amines) is 1. The first-order valence-corrected chi connectivity index (χ1v) is 5.84. The number of esters is 1. The van der Waals surface area contributed by atoms with Crippen LogP contribution in [0, 0.1) is 5.41 Å². The Balaban J connectivity index is 2.52. The van der Waals surface area contributed by atoms with Gasteiger partial charge in [-0.3, -0.25) is 19.3 Å². The van der Waals surface area contributed by atoms with Crippen molar-refractivity contribution in [3.05, 3.63) is 0 Å². The minimum atomic E-state index is -0.377. The maximum atomic E-state index is 11.7. The number of nitrogens with zero attached hydrogens (tertiary/aromatic N) is 1. The Morgan fingerprint density at radius 2 is 1.82 bits per heavy atom. The second-order valence-electron chi connectivity index (χ2n) is 5.01. The van der Waals surface area contributed by atoms with Gasteiger partial charge in [-0.1, -0.05) is 13.8 Å². The van der Waals surface area contributed by atoms with E-state index in [-0.39, 0.29) is 36.2 Å². The van der Waals surface area contributed by atoms with Gasteiger partial charge in [0, 0.05) is 19.4 Å². The smallest absolute Gasteiger partial charge is 0.307 e. The Labute approximate surface area is 101 Å². The Bertz CT molecular complexity index is 315. The molecule has 1 rings (SSSR count). The van der Waals surface area contributed by atoms with E-state index in [1.807, 2.05) is 13.8 Å². The van der Waals surface area contributed by atoms with Crippen LogP contribution in [-0.2, 0) is 19.1 Å². The lowest BCUT2D eigenvalue weighted by Crippen LogP contribution is -2.46. The van der Waals surface area contributed by atoms with E-state index in [0.29, 0.717) is 19.4 Å². The first-order chi connectivity index (χ1) is 7.85. The molecule has 5 nitrogen and oxygen atoms in total. The van der Waals surface area contributed by atoms with Crippen molar-refractivity contribution < 1.29 is 19.1 Å². The highest BCUT2D eigenvalue weighted by Crippen LogP contribution is 2.31. The van der Waals surface area contributed by atoms with E-state index in [0.717, 1.165) is 0 Å². The standard InChI is InChI=1S/C12H19NO4/c1-4-17-11(16)5-6-13-9(14)7-12(2,3)8-10(13)15/h4-8H2,1-3H3. The average molecular weight is 241 g/mol. The SMILES string of the molecule is CCOC(=O)CCN1C(=O)CC(C)(C)CC1=O. The van der Waals surface area contributed by atoms with Crippen LogP contribution in [0.2, 0.25) is 0 Å². The van der Waals surface area contributed by atoms with Crippen molar-refractivity contribution in [3.8, 4) is 0 Å². The van der Waals surface area contributed by atoms with E-state index in [1.54, 1.807) is 6.92 Å². The number of carbonyl (C=O) groups is 3. The lowest BCUT2D eigenvalue weighted by atomic mass is 9.82. The molecule has 1 aliphatic heterocycles. The van der Waals surface area contributed by atoms with Gasteiger partial charge in [-0.2, -0.15) is 0 Å². The number of piperidine rings is 1. The van der Waals surface area contributed by atoms with Gasteiger partial charge in [0.2, 0.25) is 11.8 Å². The molecule has 0 aromatic rings. The molecule has 0 N–H and O–H groups in total. The van der Waals surface area contributed by atoms with Crippen molar-refractivity contribution in [2.24, 2.45) is 5.41 Å². The summed E-state index contributed by atoms with van der Waals surface area (Å²) in [6.07, 6.45) is 0.773. The van der Waals surface area contributed by atoms with Gasteiger partial charge in [0.05, 0.1) is 13.0 Å². The average Bonchev–Trinajstić information content (AvgIpc) is 2.14. The predicted molar refractivity (Wildman–Crippen MR) is 61.0 cm³/mol. The summed E-state index contributed by atoms with van der Waals surface area (Å²) in [5, 5.41) is 0. The fourth-order valence-electron chi connectivity index (χ4n) is 1.90. The van der Waals surface area contributed by atoms with E-state index >= 15 is 0 Å². The van der Waals surface area contributed by atoms with Gasteiger partial charge in [-0.15, -0.1) is 0 Å². The third-order valence-corrected chi connectivity index (χ3v) is 2.71. The first kappa shape index (κ1) is 13.7. The van der Waals surface area contributed by atoms with E-state index in [9.17, 15) is 14.4 Å². The molecule has 0 spiro atoms. The molecule has 0 aliphatic carbocycles. The Kier molecular flexibility index (Phi) is 4.26. The molecular formula is C12H19NO4. The maximum absolute atomic E-state index is 11.7. The van der Waals surface area contributed by atoms with Crippen LogP contribution in [0.3, 0.4) is 0 Å². The van der Waals surface area contributed by atoms with Gasteiger partial charge in [0.25, 0.3) is 0 Å². The van der Waals surface area contributed by atoms with Crippen LogP contribution in [0.5, 0.6) is 0 Å². The molecule has 2 amide bonds. The Morgan fingerprint density at radius 1 is 1.29 bits per heavy atom. The fourth-order valence-corrected chi connectivity index (χ4v) is 1.90. The molecule has 0 bridgehead atoms. The minimum absolute atomic E-state index is 0.0751. The quantitative estimate of drug-likeness (QED) is 0.546. The van der Waals surface area contributed by atoms with Crippen LogP contribution in [0.4, 0.5) is 0 Å². The van der Waals surface area contributed by atoms with Crippen molar-refractivity contribution in [1.82, 2.24) is 4.90 Å². The van der Waals surface area contributed by atoms with E-state index < -0.39 is 0 Å². The molecule has 96 valence electrons. The largest absolute Gasteiger partial charge is 0.466 e. The Hall–Kier alpha value is -1.39. The summed E-state index contributed by atoms with van der Waals surface area (Å²) in [7, 11) is 0. The summed E-state index contributed by atoms with van der Waals surface area (Å²) < 4.78 is 4.76. The highest BCUT2D eigenvalue weighted by molar-refractivity contribution is 5.98. The summed E-state index contributed by atoms with van der Waals surface area (Å²) in [5.74, 6) is -0.774. The van der Waals surface area contributed by atoms with Crippen molar-refractivity contribution in [3.63, 3.8) is 0 Å². The summed E-state index contributed by atoms with van der Waals surface area (Å²) in [6, 6.07) is 0. The number of amides is 2. The van der Waals surface area contributed by atoms with Crippen LogP contribution >= 0.6 is 0 Å². The number of ether oxygens (including phenoxy) is 1. The molecule has 0 atom stereocenters. The lowest BCUT2D eigenvalue weighted by Gasteiger charge is -2.34. The van der Waals surface area contributed by atoms with Crippen molar-refractivity contribution >= 4 is 17.8 Å². The molecule has 1 heterocycles. The third kappa shape index (κ3) is 3.84. The molecule has 0 unspecified atom stereocenters. The van der Waals surface area contributed by atoms with Crippen molar-refractivity contribution in [2.45, 2.75) is 40.0 Å². The van der Waals surface area contributed by atoms with Crippen LogP contribution in [-0.4, -0.2) is 35.8 Å². The van der Waals surface area contributed by atoms with E-state index in [1.165, 1.54) is 4.90 Å². The number of carbonyl (C=O) groups excluding carboxylic acids is 3. The fraction of sp³-hybridized carbons (Fsp3) is 0.750. The zero-order valence-corrected chi connectivity index (χ0v) is 10.6. The molecular weight excluding hydrogens is 222 g/mol. The number of hydrogen-bond acceptors (Lipinski definition) is 4. The first-order valence-electron chi connectivity index (χ1n) is 5.84. The van der Waals surface area contributed by atoms with Crippen LogP contribution in [0.15, 0.2) is 0 Å². The van der Waals surface area contributed by atoms with Crippen molar-refractivity contribution in [1.29, 1.82) is 0 Å². The topological polar surface area (TPSA) is 63.7 Å². The molecule has 1 fully saturated rings. The monoisotopic (exact) mass is 241 g/mol. The van der Waals surface area contributed by atoms with E-state index in [4.69, 9.17) is 4.74 Å². The summed E-state index contributed by atoms with van der Waals surface area (Å²) in [6.45, 7) is 5.95. The molecule has 0 aromatic carbocycles. The van der Waals surface area contributed by atoms with Gasteiger partial charge < -0.3 is 4.74 Å². The van der Waals surface area contributed by atoms with E-state index in [2.05, 4.69) is 0 Å². The van der Waals surface area contributed by atoms with Crippen LogP contribution in [0.1, 0.15) is 40.0 Å². The van der Waals surface area contributed by atoms with Crippen LogP contribution in [0.25, 0.3) is 0 Å². The van der Waals surface area contributed by atoms with Gasteiger partial charge in [-0.05, 0) is 12.3 Å². The number of hydrogen-bond donors (Lipinski definition) is 0. The minimum Gasteiger partial charge on any atom is -0.466 e. The predicted octanol–water partition coefficient (Wildman–Crippen LogP) is 1.11. The Morgan fingerprint density at radius 3 is 2.29 bits per heavy atom. The number of imide groups is 1. The normalized spacial score (nSPS) is 19.4. The maximum Gasteiger partial charge on any atom is 0.307 e. The third-order valence-electron chi connectivity index (χ3n) is 2.71. The molecule has 1 saturated heterocycles. The molecule has 0 saturated carbocycles.